The van der Waals surface area contributed by atoms with E-state index in [0.717, 1.165) is 6.07 Å². The van der Waals surface area contributed by atoms with Gasteiger partial charge in [0.05, 0.1) is 16.6 Å². The summed E-state index contributed by atoms with van der Waals surface area (Å²) in [6.07, 6.45) is 0.227. The summed E-state index contributed by atoms with van der Waals surface area (Å²) < 4.78 is 29.9. The molecular formula is C21H18ClFN4O6. The Kier molecular flexibility index (Phi) is 7.57. The molecule has 3 rings (SSSR count). The van der Waals surface area contributed by atoms with Crippen LogP contribution in [0.1, 0.15) is 13.8 Å². The third-order valence-electron chi connectivity index (χ3n) is 4.07. The molecule has 0 bridgehead atoms. The number of anilines is 1. The summed E-state index contributed by atoms with van der Waals surface area (Å²) in [5.74, 6) is -1.16. The van der Waals surface area contributed by atoms with Gasteiger partial charge in [0.2, 0.25) is 11.7 Å². The summed E-state index contributed by atoms with van der Waals surface area (Å²) in [5.41, 5.74) is -0.386. The highest BCUT2D eigenvalue weighted by atomic mass is 35.5. The average Bonchev–Trinajstić information content (AvgIpc) is 2.77. The number of aromatic nitrogens is 2. The van der Waals surface area contributed by atoms with Crippen LogP contribution in [0.3, 0.4) is 0 Å². The highest BCUT2D eigenvalue weighted by molar-refractivity contribution is 6.30. The normalized spacial score (nSPS) is 11.4. The molecule has 0 saturated carbocycles. The standard InChI is InChI=1S/C21H18ClFN4O6/c1-3-31-18-9-8-17(27(29)30)19(25-18)26-20(28)12(2)32-14-4-6-15(7-5-14)33-21-16(23)10-13(22)11-24-21/h4-12H,3H2,1-2H3,(H,25,26,28). The smallest absolute Gasteiger partial charge is 0.312 e. The van der Waals surface area contributed by atoms with Crippen molar-refractivity contribution in [2.24, 2.45) is 0 Å². The van der Waals surface area contributed by atoms with Crippen LogP contribution < -0.4 is 19.5 Å². The van der Waals surface area contributed by atoms with E-state index < -0.39 is 22.8 Å². The van der Waals surface area contributed by atoms with Crippen LogP contribution in [0.4, 0.5) is 15.9 Å². The van der Waals surface area contributed by atoms with Crippen molar-refractivity contribution in [3.63, 3.8) is 0 Å². The maximum absolute atomic E-state index is 13.8. The maximum Gasteiger partial charge on any atom is 0.312 e. The fourth-order valence-corrected chi connectivity index (χ4v) is 2.70. The largest absolute Gasteiger partial charge is 0.481 e. The van der Waals surface area contributed by atoms with Gasteiger partial charge in [-0.25, -0.2) is 9.37 Å². The van der Waals surface area contributed by atoms with Gasteiger partial charge in [-0.1, -0.05) is 11.6 Å². The van der Waals surface area contributed by atoms with Gasteiger partial charge < -0.3 is 19.5 Å². The first-order chi connectivity index (χ1) is 15.8. The van der Waals surface area contributed by atoms with Gasteiger partial charge in [0.15, 0.2) is 11.9 Å². The summed E-state index contributed by atoms with van der Waals surface area (Å²) in [5, 5.41) is 13.8. The van der Waals surface area contributed by atoms with Crippen LogP contribution >= 0.6 is 11.6 Å². The Hall–Kier alpha value is -3.99. The van der Waals surface area contributed by atoms with Crippen LogP contribution in [-0.4, -0.2) is 33.5 Å². The predicted octanol–water partition coefficient (Wildman–Crippen LogP) is 4.77. The minimum atomic E-state index is -1.02. The van der Waals surface area contributed by atoms with Crippen molar-refractivity contribution in [2.45, 2.75) is 20.0 Å². The van der Waals surface area contributed by atoms with Crippen LogP contribution in [0.15, 0.2) is 48.7 Å². The number of carbonyl (C=O) groups excluding carboxylic acids is 1. The number of pyridine rings is 2. The number of benzene rings is 1. The lowest BCUT2D eigenvalue weighted by molar-refractivity contribution is -0.384. The van der Waals surface area contributed by atoms with Crippen molar-refractivity contribution in [2.75, 3.05) is 11.9 Å². The van der Waals surface area contributed by atoms with Crippen LogP contribution in [-0.2, 0) is 4.79 Å². The molecule has 1 amide bonds. The van der Waals surface area contributed by atoms with Gasteiger partial charge in [-0.3, -0.25) is 14.9 Å². The van der Waals surface area contributed by atoms with Crippen LogP contribution in [0.5, 0.6) is 23.3 Å². The Labute approximate surface area is 192 Å². The first kappa shape index (κ1) is 23.7. The van der Waals surface area contributed by atoms with E-state index in [1.807, 2.05) is 0 Å². The maximum atomic E-state index is 13.8. The van der Waals surface area contributed by atoms with Crippen molar-refractivity contribution >= 4 is 29.0 Å². The number of nitrogens with one attached hydrogen (secondary N) is 1. The van der Waals surface area contributed by atoms with Crippen molar-refractivity contribution in [3.8, 4) is 23.3 Å². The van der Waals surface area contributed by atoms with E-state index in [9.17, 15) is 19.3 Å². The number of halogens is 2. The molecule has 3 aromatic rings. The van der Waals surface area contributed by atoms with Gasteiger partial charge in [-0.05, 0) is 44.2 Å². The molecule has 0 radical (unpaired) electrons. The summed E-state index contributed by atoms with van der Waals surface area (Å²) in [7, 11) is 0. The molecule has 2 aromatic heterocycles. The van der Waals surface area contributed by atoms with E-state index in [2.05, 4.69) is 15.3 Å². The fraction of sp³-hybridized carbons (Fsp3) is 0.190. The lowest BCUT2D eigenvalue weighted by Crippen LogP contribution is -2.30. The van der Waals surface area contributed by atoms with E-state index in [4.69, 9.17) is 25.8 Å². The van der Waals surface area contributed by atoms with Gasteiger partial charge in [0.1, 0.15) is 11.5 Å². The molecule has 10 nitrogen and oxygen atoms in total. The number of hydrogen-bond donors (Lipinski definition) is 1. The van der Waals surface area contributed by atoms with Gasteiger partial charge >= 0.3 is 5.69 Å². The minimum Gasteiger partial charge on any atom is -0.481 e. The second kappa shape index (κ2) is 10.6. The number of rotatable bonds is 9. The number of carbonyl (C=O) groups is 1. The molecule has 33 heavy (non-hydrogen) atoms. The van der Waals surface area contributed by atoms with Gasteiger partial charge in [0.25, 0.3) is 11.8 Å². The van der Waals surface area contributed by atoms with Crippen LogP contribution in [0, 0.1) is 15.9 Å². The number of nitrogens with zero attached hydrogens (tertiary/aromatic N) is 3. The Morgan fingerprint density at radius 2 is 1.94 bits per heavy atom. The first-order valence-electron chi connectivity index (χ1n) is 9.61. The topological polar surface area (TPSA) is 126 Å². The second-order valence-corrected chi connectivity index (χ2v) is 6.91. The lowest BCUT2D eigenvalue weighted by atomic mass is 10.3. The summed E-state index contributed by atoms with van der Waals surface area (Å²) in [6.45, 7) is 3.50. The Balaban J connectivity index is 1.65. The molecule has 0 fully saturated rings. The Bertz CT molecular complexity index is 1160. The summed E-state index contributed by atoms with van der Waals surface area (Å²) in [4.78, 5) is 30.8. The van der Waals surface area contributed by atoms with Crippen molar-refractivity contribution in [1.82, 2.24) is 9.97 Å². The van der Waals surface area contributed by atoms with E-state index in [1.165, 1.54) is 49.5 Å². The number of ether oxygens (including phenoxy) is 3. The molecule has 1 N–H and O–H groups in total. The van der Waals surface area contributed by atoms with Crippen LogP contribution in [0.25, 0.3) is 0 Å². The predicted molar refractivity (Wildman–Crippen MR) is 117 cm³/mol. The number of nitro groups is 1. The second-order valence-electron chi connectivity index (χ2n) is 6.47. The third kappa shape index (κ3) is 6.26. The molecule has 1 unspecified atom stereocenters. The molecule has 172 valence electrons. The monoisotopic (exact) mass is 476 g/mol. The zero-order valence-electron chi connectivity index (χ0n) is 17.5. The zero-order chi connectivity index (χ0) is 24.0. The molecule has 0 spiro atoms. The van der Waals surface area contributed by atoms with Gasteiger partial charge in [0, 0.05) is 18.3 Å². The molecule has 0 aliphatic carbocycles. The SMILES string of the molecule is CCOc1ccc([N+](=O)[O-])c(NC(=O)C(C)Oc2ccc(Oc3ncc(Cl)cc3F)cc2)n1. The van der Waals surface area contributed by atoms with E-state index in [-0.39, 0.29) is 34.0 Å². The highest BCUT2D eigenvalue weighted by Gasteiger charge is 2.22. The quantitative estimate of drug-likeness (QED) is 0.345. The van der Waals surface area contributed by atoms with Crippen LogP contribution in [0.2, 0.25) is 5.02 Å². The molecular weight excluding hydrogens is 459 g/mol. The lowest BCUT2D eigenvalue weighted by Gasteiger charge is -2.15. The zero-order valence-corrected chi connectivity index (χ0v) is 18.2. The third-order valence-corrected chi connectivity index (χ3v) is 4.28. The Morgan fingerprint density at radius 3 is 2.58 bits per heavy atom. The average molecular weight is 477 g/mol. The van der Waals surface area contributed by atoms with E-state index in [0.29, 0.717) is 12.4 Å². The minimum absolute atomic E-state index is 0.133. The molecule has 12 heteroatoms. The highest BCUT2D eigenvalue weighted by Crippen LogP contribution is 2.27. The molecule has 0 aliphatic heterocycles. The van der Waals surface area contributed by atoms with E-state index >= 15 is 0 Å². The van der Waals surface area contributed by atoms with Crippen molar-refractivity contribution in [1.29, 1.82) is 0 Å². The summed E-state index contributed by atoms with van der Waals surface area (Å²) in [6, 6.07) is 9.60. The van der Waals surface area contributed by atoms with Gasteiger partial charge in [-0.15, -0.1) is 0 Å². The summed E-state index contributed by atoms with van der Waals surface area (Å²) >= 11 is 5.66. The van der Waals surface area contributed by atoms with Gasteiger partial charge in [-0.2, -0.15) is 4.98 Å². The molecule has 1 aromatic carbocycles. The molecule has 2 heterocycles. The number of hydrogen-bond acceptors (Lipinski definition) is 8. The molecule has 1 atom stereocenters. The van der Waals surface area contributed by atoms with E-state index in [1.54, 1.807) is 6.92 Å². The Morgan fingerprint density at radius 1 is 1.24 bits per heavy atom. The first-order valence-corrected chi connectivity index (χ1v) is 9.99. The molecule has 0 saturated heterocycles. The fourth-order valence-electron chi connectivity index (χ4n) is 2.55. The molecule has 0 aliphatic rings. The van der Waals surface area contributed by atoms with Crippen molar-refractivity contribution < 1.29 is 28.3 Å². The van der Waals surface area contributed by atoms with Crippen molar-refractivity contribution in [3.05, 3.63) is 69.6 Å². The number of amides is 1.